The molecule has 1 aromatic rings. The number of thioether (sulfide) groups is 1. The van der Waals surface area contributed by atoms with E-state index in [4.69, 9.17) is 5.73 Å². The van der Waals surface area contributed by atoms with Gasteiger partial charge in [0.25, 0.3) is 0 Å². The van der Waals surface area contributed by atoms with E-state index in [1.165, 1.54) is 4.90 Å². The van der Waals surface area contributed by atoms with Gasteiger partial charge in [-0.1, -0.05) is 18.9 Å². The maximum absolute atomic E-state index is 10.3. The van der Waals surface area contributed by atoms with Crippen molar-refractivity contribution in [3.05, 3.63) is 23.8 Å². The Labute approximate surface area is 101 Å². The summed E-state index contributed by atoms with van der Waals surface area (Å²) in [6.07, 6.45) is 4.21. The maximum atomic E-state index is 10.3. The van der Waals surface area contributed by atoms with Crippen LogP contribution in [0, 0.1) is 6.92 Å². The summed E-state index contributed by atoms with van der Waals surface area (Å²) in [6, 6.07) is 5.97. The molecule has 0 amide bonds. The molecular weight excluding hydrogens is 218 g/mol. The SMILES string of the molecule is Cc1c(N)cccc1SCC1(O)CCCC1. The third kappa shape index (κ3) is 2.53. The predicted molar refractivity (Wildman–Crippen MR) is 69.7 cm³/mol. The number of hydrogen-bond acceptors (Lipinski definition) is 3. The van der Waals surface area contributed by atoms with Crippen LogP contribution in [0.3, 0.4) is 0 Å². The standard InChI is InChI=1S/C13H19NOS/c1-10-11(14)5-4-6-12(10)16-9-13(15)7-2-3-8-13/h4-6,15H,2-3,7-9,14H2,1H3. The molecule has 0 unspecified atom stereocenters. The summed E-state index contributed by atoms with van der Waals surface area (Å²) < 4.78 is 0. The molecule has 3 heteroatoms. The molecule has 88 valence electrons. The average Bonchev–Trinajstić information content (AvgIpc) is 2.68. The van der Waals surface area contributed by atoms with Gasteiger partial charge in [0.1, 0.15) is 0 Å². The van der Waals surface area contributed by atoms with Crippen LogP contribution in [0.1, 0.15) is 31.2 Å². The largest absolute Gasteiger partial charge is 0.398 e. The highest BCUT2D eigenvalue weighted by Gasteiger charge is 2.31. The molecule has 2 rings (SSSR count). The van der Waals surface area contributed by atoms with Crippen LogP contribution in [0.2, 0.25) is 0 Å². The number of nitrogens with two attached hydrogens (primary N) is 1. The van der Waals surface area contributed by atoms with E-state index in [0.29, 0.717) is 0 Å². The van der Waals surface area contributed by atoms with Crippen LogP contribution in [0.15, 0.2) is 23.1 Å². The maximum Gasteiger partial charge on any atom is 0.0741 e. The normalized spacial score (nSPS) is 18.9. The molecule has 1 aromatic carbocycles. The highest BCUT2D eigenvalue weighted by atomic mass is 32.2. The van der Waals surface area contributed by atoms with E-state index in [1.54, 1.807) is 11.8 Å². The number of aliphatic hydroxyl groups is 1. The molecule has 1 fully saturated rings. The van der Waals surface area contributed by atoms with Crippen molar-refractivity contribution in [1.82, 2.24) is 0 Å². The number of nitrogen functional groups attached to an aromatic ring is 1. The van der Waals surface area contributed by atoms with Crippen molar-refractivity contribution in [2.24, 2.45) is 0 Å². The molecule has 0 bridgehead atoms. The summed E-state index contributed by atoms with van der Waals surface area (Å²) in [5.74, 6) is 0.789. The quantitative estimate of drug-likeness (QED) is 0.627. The van der Waals surface area contributed by atoms with Gasteiger partial charge in [-0.3, -0.25) is 0 Å². The Bertz CT molecular complexity index is 372. The van der Waals surface area contributed by atoms with Crippen molar-refractivity contribution in [3.8, 4) is 0 Å². The molecule has 16 heavy (non-hydrogen) atoms. The molecule has 0 heterocycles. The summed E-state index contributed by atoms with van der Waals surface area (Å²) in [5, 5.41) is 10.3. The van der Waals surface area contributed by atoms with Crippen molar-refractivity contribution < 1.29 is 5.11 Å². The van der Waals surface area contributed by atoms with Crippen LogP contribution in [0.5, 0.6) is 0 Å². The molecule has 1 aliphatic carbocycles. The Morgan fingerprint density at radius 2 is 2.06 bits per heavy atom. The third-order valence-electron chi connectivity index (χ3n) is 3.36. The lowest BCUT2D eigenvalue weighted by molar-refractivity contribution is 0.0732. The second-order valence-corrected chi connectivity index (χ2v) is 5.71. The van der Waals surface area contributed by atoms with Gasteiger partial charge in [-0.05, 0) is 37.5 Å². The lowest BCUT2D eigenvalue weighted by Crippen LogP contribution is -2.27. The fourth-order valence-electron chi connectivity index (χ4n) is 2.18. The highest BCUT2D eigenvalue weighted by Crippen LogP contribution is 2.36. The van der Waals surface area contributed by atoms with Gasteiger partial charge in [0.2, 0.25) is 0 Å². The van der Waals surface area contributed by atoms with Crippen LogP contribution in [-0.4, -0.2) is 16.5 Å². The van der Waals surface area contributed by atoms with Crippen LogP contribution in [0.4, 0.5) is 5.69 Å². The Morgan fingerprint density at radius 1 is 1.38 bits per heavy atom. The van der Waals surface area contributed by atoms with Crippen molar-refractivity contribution in [2.45, 2.75) is 43.1 Å². The zero-order valence-corrected chi connectivity index (χ0v) is 10.5. The highest BCUT2D eigenvalue weighted by molar-refractivity contribution is 7.99. The zero-order chi connectivity index (χ0) is 11.6. The zero-order valence-electron chi connectivity index (χ0n) is 9.70. The van der Waals surface area contributed by atoms with E-state index >= 15 is 0 Å². The minimum Gasteiger partial charge on any atom is -0.398 e. The van der Waals surface area contributed by atoms with Gasteiger partial charge in [0.15, 0.2) is 0 Å². The van der Waals surface area contributed by atoms with Gasteiger partial charge in [-0.2, -0.15) is 0 Å². The molecule has 2 nitrogen and oxygen atoms in total. The average molecular weight is 237 g/mol. The Kier molecular flexibility index (Phi) is 3.45. The first-order valence-corrected chi connectivity index (χ1v) is 6.80. The topological polar surface area (TPSA) is 46.2 Å². The lowest BCUT2D eigenvalue weighted by Gasteiger charge is -2.21. The van der Waals surface area contributed by atoms with E-state index in [-0.39, 0.29) is 0 Å². The van der Waals surface area contributed by atoms with Gasteiger partial charge in [-0.25, -0.2) is 0 Å². The van der Waals surface area contributed by atoms with Crippen LogP contribution in [0.25, 0.3) is 0 Å². The summed E-state index contributed by atoms with van der Waals surface area (Å²) in [6.45, 7) is 2.04. The van der Waals surface area contributed by atoms with Crippen LogP contribution < -0.4 is 5.73 Å². The van der Waals surface area contributed by atoms with Gasteiger partial charge in [0, 0.05) is 16.3 Å². The lowest BCUT2D eigenvalue weighted by atomic mass is 10.1. The molecule has 3 N–H and O–H groups in total. The fourth-order valence-corrected chi connectivity index (χ4v) is 3.40. The number of anilines is 1. The van der Waals surface area contributed by atoms with Gasteiger partial charge in [-0.15, -0.1) is 11.8 Å². The first-order valence-electron chi connectivity index (χ1n) is 5.81. The van der Waals surface area contributed by atoms with Crippen molar-refractivity contribution in [2.75, 3.05) is 11.5 Å². The Hall–Kier alpha value is -0.670. The molecule has 0 aromatic heterocycles. The fraction of sp³-hybridized carbons (Fsp3) is 0.538. The molecule has 0 spiro atoms. The minimum absolute atomic E-state index is 0.443. The van der Waals surface area contributed by atoms with E-state index in [9.17, 15) is 5.11 Å². The summed E-state index contributed by atoms with van der Waals surface area (Å²) in [4.78, 5) is 1.19. The van der Waals surface area contributed by atoms with E-state index in [1.807, 2.05) is 19.1 Å². The second-order valence-electron chi connectivity index (χ2n) is 4.69. The number of benzene rings is 1. The van der Waals surface area contributed by atoms with Gasteiger partial charge < -0.3 is 10.8 Å². The molecule has 0 atom stereocenters. The van der Waals surface area contributed by atoms with Crippen molar-refractivity contribution >= 4 is 17.4 Å². The van der Waals surface area contributed by atoms with Crippen LogP contribution >= 0.6 is 11.8 Å². The molecule has 0 aliphatic heterocycles. The Balaban J connectivity index is 2.02. The van der Waals surface area contributed by atoms with E-state index in [0.717, 1.165) is 42.7 Å². The minimum atomic E-state index is -0.443. The first-order chi connectivity index (χ1) is 7.61. The van der Waals surface area contributed by atoms with E-state index in [2.05, 4.69) is 6.07 Å². The van der Waals surface area contributed by atoms with Crippen molar-refractivity contribution in [1.29, 1.82) is 0 Å². The van der Waals surface area contributed by atoms with Gasteiger partial charge in [0.05, 0.1) is 5.60 Å². The first kappa shape index (κ1) is 11.8. The third-order valence-corrected chi connectivity index (χ3v) is 4.79. The van der Waals surface area contributed by atoms with Gasteiger partial charge >= 0.3 is 0 Å². The van der Waals surface area contributed by atoms with E-state index < -0.39 is 5.60 Å². The predicted octanol–water partition coefficient (Wildman–Crippen LogP) is 2.97. The summed E-state index contributed by atoms with van der Waals surface area (Å²) in [5.41, 5.74) is 7.39. The Morgan fingerprint density at radius 3 is 2.75 bits per heavy atom. The number of hydrogen-bond donors (Lipinski definition) is 2. The molecular formula is C13H19NOS. The smallest absolute Gasteiger partial charge is 0.0741 e. The monoisotopic (exact) mass is 237 g/mol. The molecule has 1 saturated carbocycles. The van der Waals surface area contributed by atoms with Crippen LogP contribution in [-0.2, 0) is 0 Å². The summed E-state index contributed by atoms with van der Waals surface area (Å²) in [7, 11) is 0. The molecule has 0 radical (unpaired) electrons. The summed E-state index contributed by atoms with van der Waals surface area (Å²) >= 11 is 1.73. The number of rotatable bonds is 3. The van der Waals surface area contributed by atoms with Crippen molar-refractivity contribution in [3.63, 3.8) is 0 Å². The molecule has 0 saturated heterocycles. The molecule has 1 aliphatic rings. The second kappa shape index (κ2) is 4.68.